The smallest absolute Gasteiger partial charge is 0.334 e. The zero-order valence-corrected chi connectivity index (χ0v) is 18.3. The van der Waals surface area contributed by atoms with Crippen molar-refractivity contribution in [3.8, 4) is 0 Å². The Hall–Kier alpha value is -3.67. The molecule has 1 saturated heterocycles. The zero-order chi connectivity index (χ0) is 23.1. The normalized spacial score (nSPS) is 28.3. The van der Waals surface area contributed by atoms with Crippen LogP contribution in [0, 0.1) is 5.92 Å². The van der Waals surface area contributed by atoms with E-state index in [0.717, 1.165) is 21.9 Å². The number of rotatable bonds is 3. The Bertz CT molecular complexity index is 1230. The summed E-state index contributed by atoms with van der Waals surface area (Å²) in [7, 11) is 0. The third-order valence-corrected chi connectivity index (χ3v) is 6.46. The van der Waals surface area contributed by atoms with E-state index < -0.39 is 36.0 Å². The van der Waals surface area contributed by atoms with Gasteiger partial charge in [0.25, 0.3) is 0 Å². The topological polar surface area (TPSA) is 78.9 Å². The molecular formula is C27H24O6. The molecule has 0 unspecified atom stereocenters. The Morgan fingerprint density at radius 2 is 1.82 bits per heavy atom. The fourth-order valence-electron chi connectivity index (χ4n) is 4.91. The average Bonchev–Trinajstić information content (AvgIpc) is 3.25. The van der Waals surface area contributed by atoms with E-state index in [0.29, 0.717) is 12.0 Å². The fraction of sp³-hybridized carbons (Fsp3) is 0.296. The van der Waals surface area contributed by atoms with Crippen LogP contribution in [-0.4, -0.2) is 36.2 Å². The van der Waals surface area contributed by atoms with Gasteiger partial charge in [0.05, 0.1) is 12.3 Å². The minimum atomic E-state index is -0.732. The summed E-state index contributed by atoms with van der Waals surface area (Å²) in [5.74, 6) is -1.91. The summed E-state index contributed by atoms with van der Waals surface area (Å²) in [6.45, 7) is 5.79. The Balaban J connectivity index is 1.43. The molecule has 1 fully saturated rings. The molecule has 6 nitrogen and oxygen atoms in total. The average molecular weight is 444 g/mol. The maximum atomic E-state index is 13.1. The van der Waals surface area contributed by atoms with Crippen molar-refractivity contribution in [3.05, 3.63) is 83.5 Å². The van der Waals surface area contributed by atoms with Gasteiger partial charge in [0, 0.05) is 24.0 Å². The van der Waals surface area contributed by atoms with Crippen molar-refractivity contribution in [1.82, 2.24) is 0 Å². The van der Waals surface area contributed by atoms with Crippen LogP contribution >= 0.6 is 0 Å². The van der Waals surface area contributed by atoms with Gasteiger partial charge in [-0.15, -0.1) is 0 Å². The lowest BCUT2D eigenvalue weighted by molar-refractivity contribution is -0.149. The predicted octanol–water partition coefficient (Wildman–Crippen LogP) is 3.98. The molecule has 2 aliphatic heterocycles. The zero-order valence-electron chi connectivity index (χ0n) is 18.3. The molecule has 5 rings (SSSR count). The lowest BCUT2D eigenvalue weighted by atomic mass is 9.85. The second kappa shape index (κ2) is 8.35. The Morgan fingerprint density at radius 1 is 1.03 bits per heavy atom. The van der Waals surface area contributed by atoms with Crippen LogP contribution in [0.5, 0.6) is 0 Å². The summed E-state index contributed by atoms with van der Waals surface area (Å²) in [5.41, 5.74) is 2.49. The van der Waals surface area contributed by atoms with Gasteiger partial charge < -0.3 is 14.2 Å². The van der Waals surface area contributed by atoms with E-state index in [1.807, 2.05) is 55.5 Å². The fourth-order valence-corrected chi connectivity index (χ4v) is 4.91. The van der Waals surface area contributed by atoms with Crippen LogP contribution in [0.3, 0.4) is 0 Å². The molecule has 6 heteroatoms. The monoisotopic (exact) mass is 444 g/mol. The van der Waals surface area contributed by atoms with E-state index in [4.69, 9.17) is 14.2 Å². The van der Waals surface area contributed by atoms with E-state index in [1.54, 1.807) is 6.08 Å². The second-order valence-electron chi connectivity index (χ2n) is 8.82. The number of fused-ring (bicyclic) bond motifs is 3. The number of hydrogen-bond acceptors (Lipinski definition) is 6. The molecule has 2 aromatic rings. The quantitative estimate of drug-likeness (QED) is 0.308. The third kappa shape index (κ3) is 4.09. The highest BCUT2D eigenvalue weighted by Crippen LogP contribution is 2.38. The summed E-state index contributed by atoms with van der Waals surface area (Å²) in [6, 6.07) is 13.7. The Labute approximate surface area is 191 Å². The number of carbonyl (C=O) groups is 3. The molecule has 0 amide bonds. The van der Waals surface area contributed by atoms with Crippen molar-refractivity contribution in [1.29, 1.82) is 0 Å². The largest absolute Gasteiger partial charge is 0.458 e. The first kappa shape index (κ1) is 21.2. The van der Waals surface area contributed by atoms with Gasteiger partial charge in [-0.1, -0.05) is 54.6 Å². The van der Waals surface area contributed by atoms with E-state index in [9.17, 15) is 14.4 Å². The lowest BCUT2D eigenvalue weighted by Crippen LogP contribution is -2.33. The van der Waals surface area contributed by atoms with Crippen LogP contribution in [0.25, 0.3) is 10.8 Å². The molecule has 4 atom stereocenters. The highest BCUT2D eigenvalue weighted by Gasteiger charge is 2.46. The predicted molar refractivity (Wildman–Crippen MR) is 121 cm³/mol. The molecule has 1 aliphatic carbocycles. The Morgan fingerprint density at radius 3 is 2.67 bits per heavy atom. The number of benzene rings is 2. The van der Waals surface area contributed by atoms with Gasteiger partial charge in [-0.3, -0.25) is 4.79 Å². The van der Waals surface area contributed by atoms with Gasteiger partial charge in [0.2, 0.25) is 0 Å². The van der Waals surface area contributed by atoms with Gasteiger partial charge in [0.1, 0.15) is 18.3 Å². The number of esters is 3. The summed E-state index contributed by atoms with van der Waals surface area (Å²) in [4.78, 5) is 37.7. The van der Waals surface area contributed by atoms with Crippen LogP contribution in [0.1, 0.15) is 25.3 Å². The molecule has 33 heavy (non-hydrogen) atoms. The van der Waals surface area contributed by atoms with Gasteiger partial charge in [-0.05, 0) is 35.4 Å². The molecule has 2 aromatic carbocycles. The van der Waals surface area contributed by atoms with Crippen LogP contribution in [0.15, 0.2) is 77.9 Å². The van der Waals surface area contributed by atoms with Crippen LogP contribution in [0.2, 0.25) is 0 Å². The van der Waals surface area contributed by atoms with Gasteiger partial charge in [0.15, 0.2) is 0 Å². The van der Waals surface area contributed by atoms with Crippen molar-refractivity contribution < 1.29 is 28.6 Å². The van der Waals surface area contributed by atoms with Crippen molar-refractivity contribution in [2.24, 2.45) is 5.92 Å². The molecule has 168 valence electrons. The summed E-state index contributed by atoms with van der Waals surface area (Å²) < 4.78 is 16.9. The highest BCUT2D eigenvalue weighted by molar-refractivity contribution is 5.93. The minimum absolute atomic E-state index is 0.0960. The molecule has 0 aromatic heterocycles. The molecule has 0 saturated carbocycles. The first-order chi connectivity index (χ1) is 15.9. The molecule has 2 bridgehead atoms. The third-order valence-electron chi connectivity index (χ3n) is 6.46. The lowest BCUT2D eigenvalue weighted by Gasteiger charge is -2.26. The maximum absolute atomic E-state index is 13.1. The molecule has 0 radical (unpaired) electrons. The Kier molecular flexibility index (Phi) is 5.36. The van der Waals surface area contributed by atoms with Crippen molar-refractivity contribution in [3.63, 3.8) is 0 Å². The van der Waals surface area contributed by atoms with Gasteiger partial charge in [-0.25, -0.2) is 9.59 Å². The summed E-state index contributed by atoms with van der Waals surface area (Å²) in [5, 5.41) is 2.05. The first-order valence-corrected chi connectivity index (χ1v) is 11.0. The van der Waals surface area contributed by atoms with E-state index in [2.05, 4.69) is 6.58 Å². The molecule has 2 heterocycles. The van der Waals surface area contributed by atoms with E-state index in [-0.39, 0.29) is 24.5 Å². The first-order valence-electron chi connectivity index (χ1n) is 11.0. The van der Waals surface area contributed by atoms with Gasteiger partial charge in [-0.2, -0.15) is 0 Å². The SMILES string of the molecule is C=C1C(=O)O[C@H]2CC3=C[C@@H](C/C(C)=C\[C@@H](OC(=O)Cc4cccc5ccccc45)[C@H]12)OC3=O. The van der Waals surface area contributed by atoms with Crippen LogP contribution in [-0.2, 0) is 35.0 Å². The number of ether oxygens (including phenoxy) is 3. The summed E-state index contributed by atoms with van der Waals surface area (Å²) in [6.07, 6.45) is 2.66. The maximum Gasteiger partial charge on any atom is 0.334 e. The van der Waals surface area contributed by atoms with Crippen molar-refractivity contribution in [2.75, 3.05) is 0 Å². The van der Waals surface area contributed by atoms with Crippen LogP contribution < -0.4 is 0 Å². The molecule has 3 aliphatic rings. The highest BCUT2D eigenvalue weighted by atomic mass is 16.6. The van der Waals surface area contributed by atoms with Crippen molar-refractivity contribution in [2.45, 2.75) is 44.5 Å². The molecule has 0 N–H and O–H groups in total. The minimum Gasteiger partial charge on any atom is -0.458 e. The number of hydrogen-bond donors (Lipinski definition) is 0. The summed E-state index contributed by atoms with van der Waals surface area (Å²) >= 11 is 0. The second-order valence-corrected chi connectivity index (χ2v) is 8.82. The van der Waals surface area contributed by atoms with Crippen molar-refractivity contribution >= 4 is 28.7 Å². The van der Waals surface area contributed by atoms with Gasteiger partial charge >= 0.3 is 17.9 Å². The molecular weight excluding hydrogens is 420 g/mol. The van der Waals surface area contributed by atoms with E-state index >= 15 is 0 Å². The molecule has 0 spiro atoms. The van der Waals surface area contributed by atoms with Crippen LogP contribution in [0.4, 0.5) is 0 Å². The van der Waals surface area contributed by atoms with E-state index in [1.165, 1.54) is 0 Å². The standard InChI is InChI=1S/C27H24O6/c1-15-10-20-12-19(27(30)31-20)13-23-25(16(2)26(29)33-23)22(11-15)32-24(28)14-18-8-5-7-17-6-3-4-9-21(17)18/h3-9,11-12,20,22-23,25H,2,10,13-14H2,1H3/b15-11-/t20-,22-,23+,25+/m1/s1. The number of carbonyl (C=O) groups excluding carboxylic acids is 3.